The van der Waals surface area contributed by atoms with Gasteiger partial charge in [-0.25, -0.2) is 4.98 Å². The van der Waals surface area contributed by atoms with Crippen LogP contribution >= 0.6 is 0 Å². The van der Waals surface area contributed by atoms with E-state index in [9.17, 15) is 27.9 Å². The summed E-state index contributed by atoms with van der Waals surface area (Å²) in [6.07, 6.45) is -4.12. The summed E-state index contributed by atoms with van der Waals surface area (Å²) in [5.74, 6) is -0.465. The van der Waals surface area contributed by atoms with Gasteiger partial charge in [0.15, 0.2) is 0 Å². The van der Waals surface area contributed by atoms with E-state index in [1.165, 1.54) is 21.6 Å². The summed E-state index contributed by atoms with van der Waals surface area (Å²) in [5.41, 5.74) is 0.0405. The fourth-order valence-corrected chi connectivity index (χ4v) is 3.83. The van der Waals surface area contributed by atoms with Crippen molar-refractivity contribution in [1.82, 2.24) is 14.5 Å². The number of β-amino-alcohol motifs (C(OH)–C–C–N with tert-alkyl or cyclic N) is 1. The van der Waals surface area contributed by atoms with Gasteiger partial charge in [-0.2, -0.15) is 13.2 Å². The predicted octanol–water partition coefficient (Wildman–Crippen LogP) is 2.75. The van der Waals surface area contributed by atoms with Crippen LogP contribution in [0.5, 0.6) is 0 Å². The van der Waals surface area contributed by atoms with Crippen LogP contribution in [0.25, 0.3) is 11.0 Å². The summed E-state index contributed by atoms with van der Waals surface area (Å²) in [5, 5.41) is 10.1. The molecule has 2 atom stereocenters. The van der Waals surface area contributed by atoms with Crippen LogP contribution in [0.1, 0.15) is 23.6 Å². The van der Waals surface area contributed by atoms with Crippen LogP contribution in [0.15, 0.2) is 59.5 Å². The maximum absolute atomic E-state index is 13.1. The van der Waals surface area contributed by atoms with Crippen LogP contribution in [0.2, 0.25) is 0 Å². The lowest BCUT2D eigenvalue weighted by Crippen LogP contribution is -2.37. The molecule has 0 unspecified atom stereocenters. The first-order chi connectivity index (χ1) is 14.2. The Labute approximate surface area is 169 Å². The second kappa shape index (κ2) is 7.56. The van der Waals surface area contributed by atoms with E-state index in [-0.39, 0.29) is 19.5 Å². The van der Waals surface area contributed by atoms with Crippen LogP contribution in [0, 0.1) is 0 Å². The van der Waals surface area contributed by atoms with E-state index >= 15 is 0 Å². The molecule has 0 spiro atoms. The maximum Gasteiger partial charge on any atom is 0.416 e. The molecule has 1 fully saturated rings. The molecule has 1 N–H and O–H groups in total. The molecule has 1 aliphatic rings. The number of aliphatic hydroxyl groups excluding tert-OH is 1. The van der Waals surface area contributed by atoms with Crippen molar-refractivity contribution in [2.24, 2.45) is 0 Å². The molecule has 0 saturated carbocycles. The minimum absolute atomic E-state index is 0.0164. The zero-order valence-electron chi connectivity index (χ0n) is 15.7. The van der Waals surface area contributed by atoms with Gasteiger partial charge in [-0.3, -0.25) is 14.2 Å². The first-order valence-corrected chi connectivity index (χ1v) is 9.33. The predicted molar refractivity (Wildman–Crippen MR) is 103 cm³/mol. The van der Waals surface area contributed by atoms with Crippen molar-refractivity contribution in [2.75, 3.05) is 6.54 Å². The van der Waals surface area contributed by atoms with Gasteiger partial charge in [0.05, 0.1) is 34.9 Å². The number of likely N-dealkylation sites (tertiary alicyclic amines) is 1. The second-order valence-electron chi connectivity index (χ2n) is 7.25. The number of hydrogen-bond donors (Lipinski definition) is 1. The smallest absolute Gasteiger partial charge is 0.391 e. The number of nitrogens with zero attached hydrogens (tertiary/aromatic N) is 3. The number of halogens is 3. The Morgan fingerprint density at radius 2 is 1.93 bits per heavy atom. The fraction of sp³-hybridized carbons (Fsp3) is 0.286. The largest absolute Gasteiger partial charge is 0.416 e. The first kappa shape index (κ1) is 20.1. The third-order valence-corrected chi connectivity index (χ3v) is 5.24. The van der Waals surface area contributed by atoms with Gasteiger partial charge in [0, 0.05) is 6.54 Å². The molecule has 1 aromatic heterocycles. The van der Waals surface area contributed by atoms with Gasteiger partial charge in [0.1, 0.15) is 6.54 Å². The Hall–Kier alpha value is -3.20. The Kier molecular flexibility index (Phi) is 5.07. The molecule has 9 heteroatoms. The van der Waals surface area contributed by atoms with E-state index in [1.54, 1.807) is 24.3 Å². The van der Waals surface area contributed by atoms with E-state index in [0.717, 1.165) is 18.3 Å². The summed E-state index contributed by atoms with van der Waals surface area (Å²) in [4.78, 5) is 30.7. The lowest BCUT2D eigenvalue weighted by molar-refractivity contribution is -0.137. The Balaban J connectivity index is 1.66. The molecule has 4 rings (SSSR count). The minimum Gasteiger partial charge on any atom is -0.391 e. The molecule has 1 amide bonds. The number of carbonyl (C=O) groups is 1. The minimum atomic E-state index is -4.51. The SMILES string of the molecule is O=C(Cn1c(=O)cnc2ccccc21)N1C[C@H](O)C[C@@H]1c1cccc(C(F)(F)F)c1. The molecule has 1 saturated heterocycles. The fourth-order valence-electron chi connectivity index (χ4n) is 3.83. The number of hydrogen-bond acceptors (Lipinski definition) is 4. The highest BCUT2D eigenvalue weighted by molar-refractivity contribution is 5.80. The van der Waals surface area contributed by atoms with Crippen LogP contribution < -0.4 is 5.56 Å². The van der Waals surface area contributed by atoms with Gasteiger partial charge in [0.25, 0.3) is 5.56 Å². The van der Waals surface area contributed by atoms with Crippen LogP contribution in [-0.2, 0) is 17.5 Å². The highest BCUT2D eigenvalue weighted by atomic mass is 19.4. The summed E-state index contributed by atoms with van der Waals surface area (Å²) >= 11 is 0. The summed E-state index contributed by atoms with van der Waals surface area (Å²) in [6.45, 7) is -0.318. The number of aliphatic hydroxyl groups is 1. The van der Waals surface area contributed by atoms with Gasteiger partial charge in [-0.1, -0.05) is 24.3 Å². The molecule has 2 aromatic carbocycles. The molecular formula is C21H18F3N3O3. The molecule has 0 bridgehead atoms. The van der Waals surface area contributed by atoms with Crippen molar-refractivity contribution in [3.05, 3.63) is 76.2 Å². The summed E-state index contributed by atoms with van der Waals surface area (Å²) in [7, 11) is 0. The highest BCUT2D eigenvalue weighted by Gasteiger charge is 2.37. The first-order valence-electron chi connectivity index (χ1n) is 9.33. The number of para-hydroxylation sites is 2. The molecule has 0 radical (unpaired) electrons. The van der Waals surface area contributed by atoms with Gasteiger partial charge in [0.2, 0.25) is 5.91 Å². The van der Waals surface area contributed by atoms with Crippen LogP contribution in [0.3, 0.4) is 0 Å². The van der Waals surface area contributed by atoms with Crippen LogP contribution in [0.4, 0.5) is 13.2 Å². The Morgan fingerprint density at radius 1 is 1.17 bits per heavy atom. The molecule has 3 aromatic rings. The molecule has 156 valence electrons. The van der Waals surface area contributed by atoms with Gasteiger partial charge in [-0.05, 0) is 36.2 Å². The van der Waals surface area contributed by atoms with Crippen molar-refractivity contribution in [2.45, 2.75) is 31.3 Å². The molecular weight excluding hydrogens is 399 g/mol. The topological polar surface area (TPSA) is 75.4 Å². The zero-order chi connectivity index (χ0) is 21.5. The number of amides is 1. The third-order valence-electron chi connectivity index (χ3n) is 5.24. The number of aromatic nitrogens is 2. The summed E-state index contributed by atoms with van der Waals surface area (Å²) < 4.78 is 40.6. The maximum atomic E-state index is 13.1. The van der Waals surface area contributed by atoms with E-state index in [0.29, 0.717) is 16.6 Å². The van der Waals surface area contributed by atoms with Gasteiger partial charge in [-0.15, -0.1) is 0 Å². The van der Waals surface area contributed by atoms with Crippen molar-refractivity contribution >= 4 is 16.9 Å². The Morgan fingerprint density at radius 3 is 2.70 bits per heavy atom. The number of fused-ring (bicyclic) bond motifs is 1. The number of alkyl halides is 3. The van der Waals surface area contributed by atoms with Crippen molar-refractivity contribution in [3.63, 3.8) is 0 Å². The molecule has 0 aliphatic carbocycles. The molecule has 6 nitrogen and oxygen atoms in total. The van der Waals surface area contributed by atoms with Crippen molar-refractivity contribution < 1.29 is 23.1 Å². The van der Waals surface area contributed by atoms with Gasteiger partial charge < -0.3 is 10.0 Å². The summed E-state index contributed by atoms with van der Waals surface area (Å²) in [6, 6.07) is 10.9. The normalized spacial score (nSPS) is 19.4. The van der Waals surface area contributed by atoms with E-state index in [4.69, 9.17) is 0 Å². The Bertz CT molecular complexity index is 1160. The van der Waals surface area contributed by atoms with E-state index < -0.39 is 35.4 Å². The van der Waals surface area contributed by atoms with Crippen molar-refractivity contribution in [1.29, 1.82) is 0 Å². The van der Waals surface area contributed by atoms with E-state index in [1.807, 2.05) is 0 Å². The number of rotatable bonds is 3. The quantitative estimate of drug-likeness (QED) is 0.711. The van der Waals surface area contributed by atoms with Gasteiger partial charge >= 0.3 is 6.18 Å². The van der Waals surface area contributed by atoms with Crippen LogP contribution in [-0.4, -0.2) is 38.1 Å². The molecule has 2 heterocycles. The lowest BCUT2D eigenvalue weighted by atomic mass is 10.0. The average Bonchev–Trinajstić information content (AvgIpc) is 3.11. The number of benzene rings is 2. The second-order valence-corrected chi connectivity index (χ2v) is 7.25. The lowest BCUT2D eigenvalue weighted by Gasteiger charge is -2.26. The average molecular weight is 417 g/mol. The van der Waals surface area contributed by atoms with Crippen molar-refractivity contribution in [3.8, 4) is 0 Å². The third kappa shape index (κ3) is 3.80. The zero-order valence-corrected chi connectivity index (χ0v) is 15.7. The standard InChI is InChI=1S/C21H18F3N3O3/c22-21(23,24)14-5-3-4-13(8-14)18-9-15(28)11-26(18)20(30)12-27-17-7-2-1-6-16(17)25-10-19(27)29/h1-8,10,15,18,28H,9,11-12H2/t15-,18-/m1/s1. The monoisotopic (exact) mass is 417 g/mol. The number of carbonyl (C=O) groups excluding carboxylic acids is 1. The van der Waals surface area contributed by atoms with E-state index in [2.05, 4.69) is 4.98 Å². The highest BCUT2D eigenvalue weighted by Crippen LogP contribution is 2.36. The molecule has 30 heavy (non-hydrogen) atoms. The molecule has 1 aliphatic heterocycles.